The van der Waals surface area contributed by atoms with Crippen molar-refractivity contribution in [1.29, 1.82) is 0 Å². The van der Waals surface area contributed by atoms with Crippen molar-refractivity contribution in [3.63, 3.8) is 0 Å². The van der Waals surface area contributed by atoms with Gasteiger partial charge in [0, 0.05) is 24.7 Å². The number of carbonyl (C=O) groups is 1. The number of benzene rings is 1. The van der Waals surface area contributed by atoms with Crippen molar-refractivity contribution in [2.75, 3.05) is 0 Å². The molecule has 1 fully saturated rings. The lowest BCUT2D eigenvalue weighted by molar-refractivity contribution is -0.384. The van der Waals surface area contributed by atoms with E-state index in [4.69, 9.17) is 5.73 Å². The molecule has 0 saturated heterocycles. The molecule has 0 spiro atoms. The molecule has 2 atom stereocenters. The third-order valence-electron chi connectivity index (χ3n) is 4.15. The Morgan fingerprint density at radius 3 is 2.65 bits per heavy atom. The molecule has 20 heavy (non-hydrogen) atoms. The number of rotatable bonds is 4. The second-order valence-corrected chi connectivity index (χ2v) is 5.52. The Hall–Kier alpha value is -1.95. The maximum Gasteiger partial charge on any atom is 0.269 e. The fourth-order valence-electron chi connectivity index (χ4n) is 2.59. The Kier molecular flexibility index (Phi) is 4.04. The highest BCUT2D eigenvalue weighted by atomic mass is 16.6. The largest absolute Gasteiger partial charge is 0.352 e. The van der Waals surface area contributed by atoms with Gasteiger partial charge >= 0.3 is 0 Å². The summed E-state index contributed by atoms with van der Waals surface area (Å²) in [5, 5.41) is 13.4. The summed E-state index contributed by atoms with van der Waals surface area (Å²) in [6.07, 6.45) is 2.66. The molecular weight excluding hydrogens is 258 g/mol. The first-order valence-corrected chi connectivity index (χ1v) is 6.71. The van der Waals surface area contributed by atoms with Crippen LogP contribution >= 0.6 is 0 Å². The van der Waals surface area contributed by atoms with Gasteiger partial charge in [-0.05, 0) is 25.3 Å². The van der Waals surface area contributed by atoms with Crippen molar-refractivity contribution in [2.45, 2.75) is 38.8 Å². The van der Waals surface area contributed by atoms with Crippen LogP contribution in [0.1, 0.15) is 31.7 Å². The number of nitrogens with one attached hydrogen (secondary N) is 1. The number of hydrogen-bond donors (Lipinski definition) is 2. The summed E-state index contributed by atoms with van der Waals surface area (Å²) in [5.74, 6) is -0.0409. The Morgan fingerprint density at radius 1 is 1.50 bits per heavy atom. The van der Waals surface area contributed by atoms with E-state index in [1.807, 2.05) is 6.92 Å². The minimum Gasteiger partial charge on any atom is -0.352 e. The summed E-state index contributed by atoms with van der Waals surface area (Å²) in [4.78, 5) is 22.3. The van der Waals surface area contributed by atoms with Gasteiger partial charge in [0.15, 0.2) is 0 Å². The predicted octanol–water partition coefficient (Wildman–Crippen LogP) is 1.73. The number of non-ortho nitro benzene ring substituents is 1. The summed E-state index contributed by atoms with van der Waals surface area (Å²) >= 11 is 0. The summed E-state index contributed by atoms with van der Waals surface area (Å²) in [5.41, 5.74) is 6.38. The molecule has 1 aliphatic rings. The van der Waals surface area contributed by atoms with E-state index >= 15 is 0 Å². The molecule has 0 aliphatic heterocycles. The number of nitrogens with two attached hydrogens (primary N) is 1. The first-order valence-electron chi connectivity index (χ1n) is 6.71. The van der Waals surface area contributed by atoms with Crippen molar-refractivity contribution in [3.8, 4) is 0 Å². The molecule has 1 saturated carbocycles. The fraction of sp³-hybridized carbons (Fsp3) is 0.500. The van der Waals surface area contributed by atoms with E-state index in [9.17, 15) is 14.9 Å². The third kappa shape index (κ3) is 2.80. The average Bonchev–Trinajstić information content (AvgIpc) is 2.77. The van der Waals surface area contributed by atoms with Crippen molar-refractivity contribution in [1.82, 2.24) is 5.32 Å². The number of nitro groups is 1. The summed E-state index contributed by atoms with van der Waals surface area (Å²) in [7, 11) is 0. The highest BCUT2D eigenvalue weighted by Gasteiger charge is 2.42. The molecule has 6 nitrogen and oxygen atoms in total. The van der Waals surface area contributed by atoms with E-state index in [1.54, 1.807) is 12.1 Å². The minimum absolute atomic E-state index is 0.0409. The van der Waals surface area contributed by atoms with Crippen molar-refractivity contribution >= 4 is 11.6 Å². The van der Waals surface area contributed by atoms with Crippen LogP contribution in [0.3, 0.4) is 0 Å². The van der Waals surface area contributed by atoms with E-state index < -0.39 is 10.3 Å². The van der Waals surface area contributed by atoms with E-state index in [1.165, 1.54) is 12.1 Å². The first kappa shape index (κ1) is 14.5. The summed E-state index contributed by atoms with van der Waals surface area (Å²) in [6, 6.07) is 6.07. The van der Waals surface area contributed by atoms with Crippen molar-refractivity contribution in [2.24, 2.45) is 11.1 Å². The second kappa shape index (κ2) is 5.58. The zero-order chi connectivity index (χ0) is 14.8. The van der Waals surface area contributed by atoms with Crippen LogP contribution in [-0.4, -0.2) is 16.9 Å². The molecule has 1 aromatic rings. The zero-order valence-electron chi connectivity index (χ0n) is 11.5. The maximum absolute atomic E-state index is 12.2. The van der Waals surface area contributed by atoms with E-state index in [0.29, 0.717) is 6.54 Å². The van der Waals surface area contributed by atoms with E-state index in [2.05, 4.69) is 5.32 Å². The fourth-order valence-corrected chi connectivity index (χ4v) is 2.59. The standard InChI is InChI=1S/C14H19N3O3/c1-14(8-2-3-12(14)15)13(18)16-9-10-4-6-11(7-5-10)17(19)20/h4-7,12H,2-3,8-9,15H2,1H3,(H,16,18). The molecule has 0 heterocycles. The Bertz CT molecular complexity index is 515. The lowest BCUT2D eigenvalue weighted by atomic mass is 9.84. The molecule has 0 radical (unpaired) electrons. The van der Waals surface area contributed by atoms with Crippen molar-refractivity contribution < 1.29 is 9.72 Å². The van der Waals surface area contributed by atoms with Crippen LogP contribution in [0.15, 0.2) is 24.3 Å². The number of hydrogen-bond acceptors (Lipinski definition) is 4. The van der Waals surface area contributed by atoms with Crippen LogP contribution in [0.2, 0.25) is 0 Å². The Balaban J connectivity index is 1.95. The molecule has 1 aromatic carbocycles. The normalized spacial score (nSPS) is 25.4. The molecule has 1 aliphatic carbocycles. The second-order valence-electron chi connectivity index (χ2n) is 5.52. The first-order chi connectivity index (χ1) is 9.43. The molecule has 6 heteroatoms. The number of nitrogens with zero attached hydrogens (tertiary/aromatic N) is 1. The third-order valence-corrected chi connectivity index (χ3v) is 4.15. The van der Waals surface area contributed by atoms with Crippen LogP contribution in [0, 0.1) is 15.5 Å². The maximum atomic E-state index is 12.2. The highest BCUT2D eigenvalue weighted by Crippen LogP contribution is 2.36. The molecule has 2 unspecified atom stereocenters. The quantitative estimate of drug-likeness (QED) is 0.646. The molecular formula is C14H19N3O3. The SMILES string of the molecule is CC1(C(=O)NCc2ccc([N+](=O)[O-])cc2)CCCC1N. The average molecular weight is 277 g/mol. The lowest BCUT2D eigenvalue weighted by Crippen LogP contribution is -2.47. The van der Waals surface area contributed by atoms with Gasteiger partial charge in [0.05, 0.1) is 10.3 Å². The Morgan fingerprint density at radius 2 is 2.15 bits per heavy atom. The molecule has 0 bridgehead atoms. The zero-order valence-corrected chi connectivity index (χ0v) is 11.5. The summed E-state index contributed by atoms with van der Waals surface area (Å²) in [6.45, 7) is 2.26. The lowest BCUT2D eigenvalue weighted by Gasteiger charge is -2.27. The smallest absolute Gasteiger partial charge is 0.269 e. The monoisotopic (exact) mass is 277 g/mol. The van der Waals surface area contributed by atoms with Gasteiger partial charge in [0.2, 0.25) is 5.91 Å². The van der Waals surface area contributed by atoms with Gasteiger partial charge < -0.3 is 11.1 Å². The van der Waals surface area contributed by atoms with Gasteiger partial charge in [-0.25, -0.2) is 0 Å². The van der Waals surface area contributed by atoms with Crippen LogP contribution in [0.25, 0.3) is 0 Å². The van der Waals surface area contributed by atoms with Gasteiger partial charge in [-0.15, -0.1) is 0 Å². The van der Waals surface area contributed by atoms with Crippen molar-refractivity contribution in [3.05, 3.63) is 39.9 Å². The molecule has 2 rings (SSSR count). The van der Waals surface area contributed by atoms with Crippen LogP contribution < -0.4 is 11.1 Å². The molecule has 3 N–H and O–H groups in total. The van der Waals surface area contributed by atoms with E-state index in [0.717, 1.165) is 24.8 Å². The molecule has 108 valence electrons. The highest BCUT2D eigenvalue weighted by molar-refractivity contribution is 5.83. The van der Waals surface area contributed by atoms with Crippen LogP contribution in [-0.2, 0) is 11.3 Å². The predicted molar refractivity (Wildman–Crippen MR) is 74.9 cm³/mol. The number of carbonyl (C=O) groups excluding carboxylic acids is 1. The van der Waals surface area contributed by atoms with Gasteiger partial charge in [-0.3, -0.25) is 14.9 Å². The summed E-state index contributed by atoms with van der Waals surface area (Å²) < 4.78 is 0. The van der Waals surface area contributed by atoms with Gasteiger partial charge in [-0.2, -0.15) is 0 Å². The van der Waals surface area contributed by atoms with Crippen LogP contribution in [0.5, 0.6) is 0 Å². The van der Waals surface area contributed by atoms with Crippen LogP contribution in [0.4, 0.5) is 5.69 Å². The topological polar surface area (TPSA) is 98.3 Å². The van der Waals surface area contributed by atoms with Gasteiger partial charge in [0.25, 0.3) is 5.69 Å². The van der Waals surface area contributed by atoms with Gasteiger partial charge in [-0.1, -0.05) is 18.6 Å². The number of amides is 1. The van der Waals surface area contributed by atoms with Gasteiger partial charge in [0.1, 0.15) is 0 Å². The minimum atomic E-state index is -0.499. The van der Waals surface area contributed by atoms with E-state index in [-0.39, 0.29) is 17.6 Å². The Labute approximate surface area is 117 Å². The molecule has 0 aromatic heterocycles. The molecule has 1 amide bonds. The number of nitro benzene ring substituents is 1.